The van der Waals surface area contributed by atoms with E-state index >= 15 is 0 Å². The van der Waals surface area contributed by atoms with E-state index in [4.69, 9.17) is 9.15 Å². The molecule has 3 rings (SSSR count). The molecule has 1 aromatic heterocycles. The molecule has 9 nitrogen and oxygen atoms in total. The molecule has 0 unspecified atom stereocenters. The second kappa shape index (κ2) is 8.94. The Hall–Kier alpha value is -3.11. The van der Waals surface area contributed by atoms with Crippen molar-refractivity contribution in [3.63, 3.8) is 0 Å². The van der Waals surface area contributed by atoms with Gasteiger partial charge in [0.25, 0.3) is 0 Å². The van der Waals surface area contributed by atoms with Crippen molar-refractivity contribution < 1.29 is 22.4 Å². The predicted octanol–water partition coefficient (Wildman–Crippen LogP) is 1.76. The van der Waals surface area contributed by atoms with Crippen LogP contribution in [0.5, 0.6) is 5.75 Å². The average Bonchev–Trinajstić information content (AvgIpc) is 3.03. The summed E-state index contributed by atoms with van der Waals surface area (Å²) in [5.41, 5.74) is 1.45. The number of nitrogens with one attached hydrogen (secondary N) is 2. The van der Waals surface area contributed by atoms with Crippen LogP contribution in [0.2, 0.25) is 0 Å². The van der Waals surface area contributed by atoms with Gasteiger partial charge in [0.05, 0.1) is 17.5 Å². The lowest BCUT2D eigenvalue weighted by molar-refractivity contribution is -0.123. The minimum atomic E-state index is -4.04. The summed E-state index contributed by atoms with van der Waals surface area (Å²) in [6, 6.07) is 10.4. The summed E-state index contributed by atoms with van der Waals surface area (Å²) in [5, 5.41) is 2.76. The summed E-state index contributed by atoms with van der Waals surface area (Å²) in [4.78, 5) is 24.3. The molecular weight excluding hydrogens is 422 g/mol. The van der Waals surface area contributed by atoms with Gasteiger partial charge in [-0.05, 0) is 35.7 Å². The van der Waals surface area contributed by atoms with Crippen LogP contribution < -0.4 is 20.5 Å². The highest BCUT2D eigenvalue weighted by molar-refractivity contribution is 7.89. The summed E-state index contributed by atoms with van der Waals surface area (Å²) < 4.78 is 39.8. The molecule has 0 aliphatic heterocycles. The van der Waals surface area contributed by atoms with E-state index in [1.165, 1.54) is 29.8 Å². The highest BCUT2D eigenvalue weighted by Crippen LogP contribution is 2.19. The van der Waals surface area contributed by atoms with Gasteiger partial charge in [-0.25, -0.2) is 13.2 Å². The second-order valence-corrected chi connectivity index (χ2v) is 9.18. The van der Waals surface area contributed by atoms with Crippen molar-refractivity contribution in [2.24, 2.45) is 13.0 Å². The number of carbonyl (C=O) groups is 1. The topological polar surface area (TPSA) is 120 Å². The average molecular weight is 448 g/mol. The molecule has 0 radical (unpaired) electrons. The van der Waals surface area contributed by atoms with Gasteiger partial charge in [-0.15, -0.1) is 0 Å². The van der Waals surface area contributed by atoms with Crippen molar-refractivity contribution >= 4 is 27.0 Å². The zero-order chi connectivity index (χ0) is 22.8. The molecule has 1 amide bonds. The van der Waals surface area contributed by atoms with Crippen molar-refractivity contribution in [1.29, 1.82) is 0 Å². The number of nitrogens with zero attached hydrogens (tertiary/aromatic N) is 1. The first-order valence-electron chi connectivity index (χ1n) is 9.65. The number of oxazole rings is 1. The first-order valence-corrected chi connectivity index (χ1v) is 11.1. The van der Waals surface area contributed by atoms with Gasteiger partial charge in [-0.3, -0.25) is 9.36 Å². The zero-order valence-electron chi connectivity index (χ0n) is 17.7. The Morgan fingerprint density at radius 1 is 1.19 bits per heavy atom. The fourth-order valence-electron chi connectivity index (χ4n) is 3.09. The van der Waals surface area contributed by atoms with Crippen molar-refractivity contribution in [2.75, 3.05) is 7.11 Å². The lowest BCUT2D eigenvalue weighted by Crippen LogP contribution is -2.49. The van der Waals surface area contributed by atoms with Crippen LogP contribution in [0.15, 0.2) is 56.6 Å². The van der Waals surface area contributed by atoms with Gasteiger partial charge < -0.3 is 14.5 Å². The highest BCUT2D eigenvalue weighted by Gasteiger charge is 2.28. The van der Waals surface area contributed by atoms with E-state index in [1.807, 2.05) is 6.07 Å². The van der Waals surface area contributed by atoms with Crippen LogP contribution in [0.1, 0.15) is 19.4 Å². The number of hydrogen-bond donors (Lipinski definition) is 2. The van der Waals surface area contributed by atoms with Crippen LogP contribution in [0, 0.1) is 5.92 Å². The molecule has 2 N–H and O–H groups in total. The summed E-state index contributed by atoms with van der Waals surface area (Å²) in [6.07, 6.45) is 0. The summed E-state index contributed by atoms with van der Waals surface area (Å²) in [7, 11) is -0.956. The molecule has 1 heterocycles. The molecule has 0 spiro atoms. The van der Waals surface area contributed by atoms with E-state index in [-0.39, 0.29) is 22.9 Å². The third-order valence-corrected chi connectivity index (χ3v) is 6.34. The molecular formula is C21H25N3O6S. The molecule has 0 saturated carbocycles. The Kier molecular flexibility index (Phi) is 6.51. The standard InChI is InChI=1S/C21H25N3O6S/c1-13(2)19(20(25)22-12-14-6-5-7-15(10-14)29-4)23-31(27,28)16-8-9-17-18(11-16)30-21(26)24(17)3/h5-11,13,19,23H,12H2,1-4H3,(H,22,25)/t19-/m0/s1. The van der Waals surface area contributed by atoms with Gasteiger partial charge in [0.2, 0.25) is 15.9 Å². The molecule has 0 bridgehead atoms. The van der Waals surface area contributed by atoms with Crippen LogP contribution in [-0.4, -0.2) is 32.0 Å². The van der Waals surface area contributed by atoms with Gasteiger partial charge in [0.1, 0.15) is 11.8 Å². The lowest BCUT2D eigenvalue weighted by atomic mass is 10.0. The maximum absolute atomic E-state index is 12.9. The van der Waals surface area contributed by atoms with Crippen LogP contribution in [0.4, 0.5) is 0 Å². The maximum atomic E-state index is 12.9. The third-order valence-electron chi connectivity index (χ3n) is 4.91. The Labute approximate surface area is 180 Å². The van der Waals surface area contributed by atoms with Crippen LogP contribution >= 0.6 is 0 Å². The number of carbonyl (C=O) groups excluding carboxylic acids is 1. The molecule has 0 aliphatic carbocycles. The fourth-order valence-corrected chi connectivity index (χ4v) is 4.45. The van der Waals surface area contributed by atoms with E-state index in [2.05, 4.69) is 10.0 Å². The third kappa shape index (κ3) is 4.97. The quantitative estimate of drug-likeness (QED) is 0.543. The Morgan fingerprint density at radius 2 is 1.94 bits per heavy atom. The summed E-state index contributed by atoms with van der Waals surface area (Å²) >= 11 is 0. The van der Waals surface area contributed by atoms with Crippen molar-refractivity contribution in [2.45, 2.75) is 31.3 Å². The first-order chi connectivity index (χ1) is 14.6. The number of amides is 1. The van der Waals surface area contributed by atoms with E-state index in [0.29, 0.717) is 11.3 Å². The van der Waals surface area contributed by atoms with Crippen LogP contribution in [0.3, 0.4) is 0 Å². The molecule has 31 heavy (non-hydrogen) atoms. The number of aromatic nitrogens is 1. The monoisotopic (exact) mass is 447 g/mol. The van der Waals surface area contributed by atoms with Gasteiger partial charge in [0, 0.05) is 19.7 Å². The van der Waals surface area contributed by atoms with Crippen molar-refractivity contribution in [1.82, 2.24) is 14.6 Å². The summed E-state index contributed by atoms with van der Waals surface area (Å²) in [5.74, 6) is -0.683. The van der Waals surface area contributed by atoms with E-state index in [0.717, 1.165) is 5.56 Å². The Bertz CT molecular complexity index is 1260. The Balaban J connectivity index is 1.77. The summed E-state index contributed by atoms with van der Waals surface area (Å²) in [6.45, 7) is 3.72. The normalized spacial score (nSPS) is 12.8. The largest absolute Gasteiger partial charge is 0.497 e. The van der Waals surface area contributed by atoms with Crippen molar-refractivity contribution in [3.05, 3.63) is 58.6 Å². The number of hydrogen-bond acceptors (Lipinski definition) is 6. The maximum Gasteiger partial charge on any atom is 0.419 e. The van der Waals surface area contributed by atoms with E-state index in [1.54, 1.807) is 39.2 Å². The highest BCUT2D eigenvalue weighted by atomic mass is 32.2. The minimum Gasteiger partial charge on any atom is -0.497 e. The fraction of sp³-hybridized carbons (Fsp3) is 0.333. The minimum absolute atomic E-state index is 0.0967. The first kappa shape index (κ1) is 22.6. The number of sulfonamides is 1. The number of fused-ring (bicyclic) bond motifs is 1. The van der Waals surface area contributed by atoms with Crippen molar-refractivity contribution in [3.8, 4) is 5.75 Å². The number of rotatable bonds is 8. The van der Waals surface area contributed by atoms with E-state index < -0.39 is 27.7 Å². The number of ether oxygens (including phenoxy) is 1. The van der Waals surface area contributed by atoms with Gasteiger partial charge in [-0.2, -0.15) is 4.72 Å². The molecule has 1 atom stereocenters. The van der Waals surface area contributed by atoms with E-state index in [9.17, 15) is 18.0 Å². The van der Waals surface area contributed by atoms with Crippen LogP contribution in [-0.2, 0) is 28.4 Å². The second-order valence-electron chi connectivity index (χ2n) is 7.47. The molecule has 3 aromatic rings. The van der Waals surface area contributed by atoms with Gasteiger partial charge in [-0.1, -0.05) is 26.0 Å². The smallest absolute Gasteiger partial charge is 0.419 e. The number of methoxy groups -OCH3 is 1. The SMILES string of the molecule is COc1cccc(CNC(=O)[C@@H](NS(=O)(=O)c2ccc3c(c2)oc(=O)n3C)C(C)C)c1. The predicted molar refractivity (Wildman–Crippen MR) is 115 cm³/mol. The lowest BCUT2D eigenvalue weighted by Gasteiger charge is -2.21. The molecule has 0 fully saturated rings. The Morgan fingerprint density at radius 3 is 2.61 bits per heavy atom. The molecule has 2 aromatic carbocycles. The van der Waals surface area contributed by atoms with Gasteiger partial charge in [0.15, 0.2) is 5.58 Å². The molecule has 0 saturated heterocycles. The molecule has 166 valence electrons. The molecule has 0 aliphatic rings. The van der Waals surface area contributed by atoms with Crippen LogP contribution in [0.25, 0.3) is 11.1 Å². The molecule has 10 heteroatoms. The van der Waals surface area contributed by atoms with Gasteiger partial charge >= 0.3 is 5.76 Å². The number of aryl methyl sites for hydroxylation is 1. The zero-order valence-corrected chi connectivity index (χ0v) is 18.5. The number of benzene rings is 2.